The second-order valence-corrected chi connectivity index (χ2v) is 5.89. The van der Waals surface area contributed by atoms with Crippen LogP contribution in [-0.2, 0) is 4.74 Å². The van der Waals surface area contributed by atoms with Gasteiger partial charge in [-0.1, -0.05) is 6.07 Å². The Hall–Kier alpha value is -1.63. The summed E-state index contributed by atoms with van der Waals surface area (Å²) in [5, 5.41) is 22.4. The largest absolute Gasteiger partial charge is 0.497 e. The van der Waals surface area contributed by atoms with Gasteiger partial charge in [0.15, 0.2) is 0 Å². The Morgan fingerprint density at radius 2 is 2.00 bits per heavy atom. The first kappa shape index (κ1) is 16.7. The van der Waals surface area contributed by atoms with E-state index < -0.39 is 17.6 Å². The number of methoxy groups -OCH3 is 2. The molecule has 3 N–H and O–H groups in total. The third kappa shape index (κ3) is 3.76. The molecule has 0 saturated heterocycles. The fourth-order valence-corrected chi connectivity index (χ4v) is 3.00. The number of rotatable bonds is 6. The second-order valence-electron chi connectivity index (χ2n) is 5.89. The van der Waals surface area contributed by atoms with Crippen molar-refractivity contribution in [3.8, 4) is 5.75 Å². The Labute approximate surface area is 130 Å². The van der Waals surface area contributed by atoms with Crippen molar-refractivity contribution in [3.63, 3.8) is 0 Å². The Balaban J connectivity index is 2.01. The highest BCUT2D eigenvalue weighted by Crippen LogP contribution is 2.38. The predicted molar refractivity (Wildman–Crippen MR) is 80.9 cm³/mol. The maximum absolute atomic E-state index is 12.2. The van der Waals surface area contributed by atoms with Crippen molar-refractivity contribution < 1.29 is 24.5 Å². The topological polar surface area (TPSA) is 88.0 Å². The fraction of sp³-hybridized carbons (Fsp3) is 0.562. The molecule has 0 radical (unpaired) electrons. The summed E-state index contributed by atoms with van der Waals surface area (Å²) in [6, 6.07) is 6.89. The van der Waals surface area contributed by atoms with Crippen molar-refractivity contribution in [2.45, 2.75) is 25.0 Å². The van der Waals surface area contributed by atoms with Gasteiger partial charge in [-0.3, -0.25) is 4.79 Å². The van der Waals surface area contributed by atoms with Crippen LogP contribution in [0, 0.1) is 5.41 Å². The van der Waals surface area contributed by atoms with Gasteiger partial charge in [-0.25, -0.2) is 0 Å². The molecule has 0 spiro atoms. The summed E-state index contributed by atoms with van der Waals surface area (Å²) in [5.74, 6) is 0.399. The van der Waals surface area contributed by atoms with Gasteiger partial charge in [0.1, 0.15) is 5.75 Å². The molecule has 0 bridgehead atoms. The van der Waals surface area contributed by atoms with Crippen LogP contribution in [0.15, 0.2) is 24.3 Å². The molecule has 1 saturated carbocycles. The average molecular weight is 309 g/mol. The van der Waals surface area contributed by atoms with Gasteiger partial charge in [0.05, 0.1) is 25.9 Å². The zero-order chi connectivity index (χ0) is 16.2. The molecule has 1 aromatic carbocycles. The first-order valence-electron chi connectivity index (χ1n) is 7.27. The van der Waals surface area contributed by atoms with Crippen molar-refractivity contribution in [2.75, 3.05) is 27.4 Å². The van der Waals surface area contributed by atoms with Gasteiger partial charge in [-0.15, -0.1) is 0 Å². The van der Waals surface area contributed by atoms with Crippen LogP contribution in [-0.4, -0.2) is 55.7 Å². The quantitative estimate of drug-likeness (QED) is 0.715. The van der Waals surface area contributed by atoms with Crippen LogP contribution in [0.4, 0.5) is 0 Å². The molecule has 22 heavy (non-hydrogen) atoms. The molecule has 1 aliphatic rings. The van der Waals surface area contributed by atoms with Gasteiger partial charge >= 0.3 is 0 Å². The number of carbonyl (C=O) groups excluding carboxylic acids is 1. The molecule has 3 atom stereocenters. The number of amides is 1. The summed E-state index contributed by atoms with van der Waals surface area (Å²) in [6.45, 7) is 0.713. The van der Waals surface area contributed by atoms with Crippen molar-refractivity contribution in [1.82, 2.24) is 5.32 Å². The smallest absolute Gasteiger partial charge is 0.251 e. The Morgan fingerprint density at radius 1 is 1.32 bits per heavy atom. The lowest BCUT2D eigenvalue weighted by molar-refractivity contribution is 0.0438. The number of hydrogen-bond acceptors (Lipinski definition) is 5. The van der Waals surface area contributed by atoms with E-state index in [0.29, 0.717) is 37.3 Å². The van der Waals surface area contributed by atoms with Crippen LogP contribution in [0.1, 0.15) is 23.2 Å². The lowest BCUT2D eigenvalue weighted by Gasteiger charge is -2.28. The van der Waals surface area contributed by atoms with Crippen LogP contribution < -0.4 is 10.1 Å². The molecule has 122 valence electrons. The van der Waals surface area contributed by atoms with Gasteiger partial charge in [0, 0.05) is 24.6 Å². The van der Waals surface area contributed by atoms with Gasteiger partial charge in [0.25, 0.3) is 5.91 Å². The van der Waals surface area contributed by atoms with Crippen molar-refractivity contribution in [1.29, 1.82) is 0 Å². The number of aliphatic hydroxyl groups is 2. The molecule has 1 aliphatic carbocycles. The van der Waals surface area contributed by atoms with E-state index in [4.69, 9.17) is 9.47 Å². The van der Waals surface area contributed by atoms with Crippen LogP contribution in [0.25, 0.3) is 0 Å². The molecule has 6 heteroatoms. The van der Waals surface area contributed by atoms with E-state index in [0.717, 1.165) is 0 Å². The van der Waals surface area contributed by atoms with E-state index in [-0.39, 0.29) is 5.91 Å². The number of nitrogens with one attached hydrogen (secondary N) is 1. The third-order valence-electron chi connectivity index (χ3n) is 4.13. The highest BCUT2D eigenvalue weighted by molar-refractivity contribution is 5.94. The first-order valence-corrected chi connectivity index (χ1v) is 7.27. The van der Waals surface area contributed by atoms with Crippen molar-refractivity contribution in [2.24, 2.45) is 5.41 Å². The summed E-state index contributed by atoms with van der Waals surface area (Å²) < 4.78 is 10.3. The number of aliphatic hydroxyl groups excluding tert-OH is 2. The summed E-state index contributed by atoms with van der Waals surface area (Å²) >= 11 is 0. The van der Waals surface area contributed by atoms with E-state index in [1.54, 1.807) is 38.5 Å². The van der Waals surface area contributed by atoms with Gasteiger partial charge in [-0.2, -0.15) is 0 Å². The molecule has 0 aliphatic heterocycles. The van der Waals surface area contributed by atoms with Crippen molar-refractivity contribution in [3.05, 3.63) is 29.8 Å². The van der Waals surface area contributed by atoms with Crippen LogP contribution >= 0.6 is 0 Å². The Bertz CT molecular complexity index is 509. The van der Waals surface area contributed by atoms with Crippen LogP contribution in [0.5, 0.6) is 5.75 Å². The number of benzene rings is 1. The zero-order valence-corrected chi connectivity index (χ0v) is 12.9. The van der Waals surface area contributed by atoms with Crippen LogP contribution in [0.2, 0.25) is 0 Å². The molecular formula is C16H23NO5. The average Bonchev–Trinajstić information content (AvgIpc) is 2.80. The molecule has 0 aromatic heterocycles. The molecule has 2 rings (SSSR count). The standard InChI is InChI=1S/C16H23NO5/c1-21-10-16(7-13(18)14(19)8-16)9-17-15(20)11-4-3-5-12(6-11)22-2/h3-6,13-14,18-19H,7-10H2,1-2H3,(H,17,20)/t13-,14+,16?. The van der Waals surface area contributed by atoms with E-state index in [1.165, 1.54) is 0 Å². The summed E-state index contributed by atoms with van der Waals surface area (Å²) in [7, 11) is 3.12. The third-order valence-corrected chi connectivity index (χ3v) is 4.13. The Kier molecular flexibility index (Phi) is 5.39. The van der Waals surface area contributed by atoms with Gasteiger partial charge in [-0.05, 0) is 31.0 Å². The van der Waals surface area contributed by atoms with E-state index in [2.05, 4.69) is 5.32 Å². The monoisotopic (exact) mass is 309 g/mol. The summed E-state index contributed by atoms with van der Waals surface area (Å²) in [4.78, 5) is 12.2. The predicted octanol–water partition coefficient (Wildman–Crippen LogP) is 0.573. The van der Waals surface area contributed by atoms with E-state index in [9.17, 15) is 15.0 Å². The molecule has 6 nitrogen and oxygen atoms in total. The zero-order valence-electron chi connectivity index (χ0n) is 12.9. The highest BCUT2D eigenvalue weighted by Gasteiger charge is 2.44. The maximum Gasteiger partial charge on any atom is 0.251 e. The number of hydrogen-bond donors (Lipinski definition) is 3. The number of carbonyl (C=O) groups is 1. The van der Waals surface area contributed by atoms with E-state index in [1.807, 2.05) is 0 Å². The van der Waals surface area contributed by atoms with E-state index >= 15 is 0 Å². The SMILES string of the molecule is COCC1(CNC(=O)c2cccc(OC)c2)C[C@@H](O)[C@@H](O)C1. The van der Waals surface area contributed by atoms with Gasteiger partial charge in [0.2, 0.25) is 0 Å². The molecule has 1 fully saturated rings. The van der Waals surface area contributed by atoms with Gasteiger partial charge < -0.3 is 25.0 Å². The minimum absolute atomic E-state index is 0.217. The molecule has 1 amide bonds. The summed E-state index contributed by atoms with van der Waals surface area (Å²) in [5.41, 5.74) is 0.0632. The highest BCUT2D eigenvalue weighted by atomic mass is 16.5. The lowest BCUT2D eigenvalue weighted by Crippen LogP contribution is -2.39. The maximum atomic E-state index is 12.2. The fourth-order valence-electron chi connectivity index (χ4n) is 3.00. The second kappa shape index (κ2) is 7.09. The minimum atomic E-state index is -0.774. The van der Waals surface area contributed by atoms with Crippen molar-refractivity contribution >= 4 is 5.91 Å². The Morgan fingerprint density at radius 3 is 2.59 bits per heavy atom. The molecule has 0 heterocycles. The van der Waals surface area contributed by atoms with Crippen LogP contribution in [0.3, 0.4) is 0 Å². The molecular weight excluding hydrogens is 286 g/mol. The first-order chi connectivity index (χ1) is 10.5. The molecule has 1 unspecified atom stereocenters. The number of ether oxygens (including phenoxy) is 2. The molecule has 1 aromatic rings. The summed E-state index contributed by atoms with van der Waals surface area (Å²) in [6.07, 6.45) is -0.742. The lowest BCUT2D eigenvalue weighted by atomic mass is 9.86. The normalized spacial score (nSPS) is 27.6. The minimum Gasteiger partial charge on any atom is -0.497 e.